The molecule has 0 fully saturated rings. The highest BCUT2D eigenvalue weighted by atomic mass is 32.1. The van der Waals surface area contributed by atoms with Crippen LogP contribution in [0.4, 0.5) is 28.4 Å². The van der Waals surface area contributed by atoms with Crippen LogP contribution in [0, 0.1) is 0 Å². The summed E-state index contributed by atoms with van der Waals surface area (Å²) in [6, 6.07) is 64.2. The van der Waals surface area contributed by atoms with Gasteiger partial charge in [0.05, 0.1) is 11.4 Å². The van der Waals surface area contributed by atoms with Gasteiger partial charge in [-0.1, -0.05) is 127 Å². The number of furan rings is 1. The summed E-state index contributed by atoms with van der Waals surface area (Å²) in [5.41, 5.74) is 15.1. The molecule has 0 radical (unpaired) electrons. The lowest BCUT2D eigenvalue weighted by Gasteiger charge is -2.45. The highest BCUT2D eigenvalue weighted by Crippen LogP contribution is 2.51. The zero-order valence-electron chi connectivity index (χ0n) is 28.5. The predicted octanol–water partition coefficient (Wildman–Crippen LogP) is 12.3. The van der Waals surface area contributed by atoms with Crippen molar-refractivity contribution in [2.75, 3.05) is 9.71 Å². The average Bonchev–Trinajstić information content (AvgIpc) is 3.79. The molecule has 0 unspecified atom stereocenters. The van der Waals surface area contributed by atoms with Crippen molar-refractivity contribution in [1.82, 2.24) is 0 Å². The number of benzene rings is 8. The van der Waals surface area contributed by atoms with Crippen LogP contribution in [0.15, 0.2) is 180 Å². The van der Waals surface area contributed by atoms with E-state index in [1.54, 1.807) is 0 Å². The Labute approximate surface area is 310 Å². The molecule has 0 atom stereocenters. The molecule has 53 heavy (non-hydrogen) atoms. The van der Waals surface area contributed by atoms with Crippen LogP contribution in [0.1, 0.15) is 0 Å². The summed E-state index contributed by atoms with van der Waals surface area (Å²) in [5, 5.41) is 4.85. The van der Waals surface area contributed by atoms with E-state index in [0.29, 0.717) is 0 Å². The third-order valence-electron chi connectivity index (χ3n) is 11.2. The first-order chi connectivity index (χ1) is 26.3. The minimum Gasteiger partial charge on any atom is -0.454 e. The number of thiophene rings is 1. The Bertz CT molecular complexity index is 3110. The van der Waals surface area contributed by atoms with Gasteiger partial charge in [-0.15, -0.1) is 11.3 Å². The van der Waals surface area contributed by atoms with Crippen LogP contribution in [-0.2, 0) is 0 Å². The van der Waals surface area contributed by atoms with Crippen molar-refractivity contribution in [2.45, 2.75) is 0 Å². The molecule has 0 saturated carbocycles. The molecule has 5 heteroatoms. The van der Waals surface area contributed by atoms with E-state index in [1.165, 1.54) is 76.1 Å². The lowest BCUT2D eigenvalue weighted by molar-refractivity contribution is 0.669. The first kappa shape index (κ1) is 29.1. The van der Waals surface area contributed by atoms with Gasteiger partial charge in [-0.25, -0.2) is 0 Å². The summed E-state index contributed by atoms with van der Waals surface area (Å²) >= 11 is 1.87. The number of rotatable bonds is 3. The molecule has 4 heterocycles. The highest BCUT2D eigenvalue weighted by Gasteiger charge is 2.45. The first-order valence-corrected chi connectivity index (χ1v) is 18.9. The molecule has 2 aliphatic heterocycles. The number of fused-ring (bicyclic) bond motifs is 10. The number of nitrogens with zero attached hydrogens (tertiary/aromatic N) is 2. The Morgan fingerprint density at radius 3 is 2.04 bits per heavy atom. The fraction of sp³-hybridized carbons (Fsp3) is 0. The minimum absolute atomic E-state index is 0.0896. The van der Waals surface area contributed by atoms with Crippen LogP contribution >= 0.6 is 11.3 Å². The Balaban J connectivity index is 1.18. The van der Waals surface area contributed by atoms with Crippen molar-refractivity contribution >= 4 is 99.7 Å². The van der Waals surface area contributed by atoms with E-state index in [-0.39, 0.29) is 6.85 Å². The van der Waals surface area contributed by atoms with E-state index in [9.17, 15) is 0 Å². The molecule has 0 saturated heterocycles. The summed E-state index contributed by atoms with van der Waals surface area (Å²) in [6.45, 7) is -0.0896. The Hall–Kier alpha value is -6.56. The van der Waals surface area contributed by atoms with Crippen LogP contribution in [0.2, 0.25) is 0 Å². The third kappa shape index (κ3) is 4.05. The first-order valence-electron chi connectivity index (χ1n) is 18.1. The Kier molecular flexibility index (Phi) is 6.02. The lowest BCUT2D eigenvalue weighted by Crippen LogP contribution is -2.61. The van der Waals surface area contributed by atoms with E-state index in [2.05, 4.69) is 186 Å². The quantitative estimate of drug-likeness (QED) is 0.172. The molecular formula is C48H29BN2OS. The summed E-state index contributed by atoms with van der Waals surface area (Å²) in [5.74, 6) is 0. The van der Waals surface area contributed by atoms with Crippen molar-refractivity contribution in [1.29, 1.82) is 0 Å². The lowest BCUT2D eigenvalue weighted by atomic mass is 9.43. The maximum atomic E-state index is 6.74. The summed E-state index contributed by atoms with van der Waals surface area (Å²) in [4.78, 5) is 5.07. The second-order valence-electron chi connectivity index (χ2n) is 14.0. The van der Waals surface area contributed by atoms with Crippen LogP contribution in [0.25, 0.3) is 64.4 Å². The number of hydrogen-bond acceptors (Lipinski definition) is 4. The normalized spacial score (nSPS) is 13.2. The molecular weight excluding hydrogens is 663 g/mol. The largest absolute Gasteiger partial charge is 0.454 e. The molecule has 0 aliphatic carbocycles. The van der Waals surface area contributed by atoms with E-state index >= 15 is 0 Å². The molecule has 3 nitrogen and oxygen atoms in total. The van der Waals surface area contributed by atoms with Crippen LogP contribution < -0.4 is 20.6 Å². The van der Waals surface area contributed by atoms with Crippen LogP contribution in [-0.4, -0.2) is 6.85 Å². The van der Waals surface area contributed by atoms with Gasteiger partial charge in [-0.3, -0.25) is 0 Å². The van der Waals surface area contributed by atoms with Gasteiger partial charge in [0.1, 0.15) is 5.58 Å². The predicted molar refractivity (Wildman–Crippen MR) is 226 cm³/mol. The molecule has 0 spiro atoms. The van der Waals surface area contributed by atoms with E-state index in [4.69, 9.17) is 4.42 Å². The molecule has 0 amide bonds. The molecule has 12 rings (SSSR count). The van der Waals surface area contributed by atoms with Gasteiger partial charge in [0.25, 0.3) is 0 Å². The van der Waals surface area contributed by atoms with Crippen molar-refractivity contribution in [3.8, 4) is 22.3 Å². The molecule has 2 aliphatic rings. The standard InChI is InChI=1S/C48H29BN2OS/c1-2-14-30(15-3-1)36-29-46-37(33-18-6-11-27-45(33)53-46)28-43(36)50-40-23-9-7-21-38(40)49-47-34(19-12-24-41(47)50)31-16-4-8-22-39(31)51(49)42-25-13-20-35-32-17-5-10-26-44(32)52-48(35)42/h1-29H. The average molecular weight is 693 g/mol. The second kappa shape index (κ2) is 11.0. The molecule has 8 aromatic carbocycles. The maximum Gasteiger partial charge on any atom is 0.333 e. The topological polar surface area (TPSA) is 19.6 Å². The minimum atomic E-state index is -0.0896. The van der Waals surface area contributed by atoms with Gasteiger partial charge in [0, 0.05) is 59.1 Å². The highest BCUT2D eigenvalue weighted by molar-refractivity contribution is 7.25. The van der Waals surface area contributed by atoms with E-state index in [1.807, 2.05) is 11.3 Å². The van der Waals surface area contributed by atoms with Gasteiger partial charge in [-0.2, -0.15) is 0 Å². The second-order valence-corrected chi connectivity index (χ2v) is 15.1. The molecule has 0 N–H and O–H groups in total. The van der Waals surface area contributed by atoms with Gasteiger partial charge in [0.15, 0.2) is 5.58 Å². The number of anilines is 5. The molecule has 246 valence electrons. The number of hydrogen-bond donors (Lipinski definition) is 0. The number of para-hydroxylation sites is 4. The summed E-state index contributed by atoms with van der Waals surface area (Å²) in [6.07, 6.45) is 0. The van der Waals surface area contributed by atoms with Gasteiger partial charge >= 0.3 is 6.85 Å². The fourth-order valence-electron chi connectivity index (χ4n) is 9.04. The van der Waals surface area contributed by atoms with Crippen molar-refractivity contribution in [2.24, 2.45) is 0 Å². The van der Waals surface area contributed by atoms with Crippen molar-refractivity contribution in [3.63, 3.8) is 0 Å². The van der Waals surface area contributed by atoms with Crippen molar-refractivity contribution < 1.29 is 4.42 Å². The van der Waals surface area contributed by atoms with Crippen LogP contribution in [0.3, 0.4) is 0 Å². The third-order valence-corrected chi connectivity index (χ3v) is 12.4. The zero-order valence-corrected chi connectivity index (χ0v) is 29.3. The summed E-state index contributed by atoms with van der Waals surface area (Å²) in [7, 11) is 0. The zero-order chi connectivity index (χ0) is 34.6. The monoisotopic (exact) mass is 692 g/mol. The van der Waals surface area contributed by atoms with E-state index in [0.717, 1.165) is 27.6 Å². The van der Waals surface area contributed by atoms with Gasteiger partial charge in [-0.05, 0) is 70.6 Å². The Morgan fingerprint density at radius 2 is 1.11 bits per heavy atom. The van der Waals surface area contributed by atoms with Crippen molar-refractivity contribution in [3.05, 3.63) is 176 Å². The molecule has 10 aromatic rings. The molecule has 2 aromatic heterocycles. The summed E-state index contributed by atoms with van der Waals surface area (Å²) < 4.78 is 9.35. The van der Waals surface area contributed by atoms with Crippen LogP contribution in [0.5, 0.6) is 0 Å². The van der Waals surface area contributed by atoms with Gasteiger partial charge < -0.3 is 14.1 Å². The Morgan fingerprint density at radius 1 is 0.434 bits per heavy atom. The molecule has 0 bridgehead atoms. The van der Waals surface area contributed by atoms with Gasteiger partial charge in [0.2, 0.25) is 0 Å². The SMILES string of the molecule is c1ccc(-c2cc3sc4ccccc4c3cc2N2c3ccccc3B3c4c(cccc42)-c2ccccc2N3c2cccc3c2oc2ccccc23)cc1. The fourth-order valence-corrected chi connectivity index (χ4v) is 10.2. The smallest absolute Gasteiger partial charge is 0.333 e. The maximum absolute atomic E-state index is 6.74. The van der Waals surface area contributed by atoms with E-state index < -0.39 is 0 Å².